The van der Waals surface area contributed by atoms with Crippen molar-refractivity contribution >= 4 is 11.6 Å². The minimum Gasteiger partial charge on any atom is -0.369 e. The molecule has 166 valence electrons. The van der Waals surface area contributed by atoms with E-state index in [-0.39, 0.29) is 5.91 Å². The molecule has 4 rings (SSSR count). The van der Waals surface area contributed by atoms with Gasteiger partial charge in [-0.1, -0.05) is 23.8 Å². The van der Waals surface area contributed by atoms with E-state index in [1.165, 1.54) is 12.1 Å². The van der Waals surface area contributed by atoms with Gasteiger partial charge < -0.3 is 9.80 Å². The molecule has 2 fully saturated rings. The second-order valence-corrected chi connectivity index (χ2v) is 8.49. The molecular weight excluding hydrogens is 403 g/mol. The number of halogens is 3. The summed E-state index contributed by atoms with van der Waals surface area (Å²) >= 11 is 0. The van der Waals surface area contributed by atoms with Crippen molar-refractivity contribution in [1.29, 1.82) is 0 Å². The topological polar surface area (TPSA) is 26.8 Å². The van der Waals surface area contributed by atoms with Gasteiger partial charge in [0.05, 0.1) is 5.56 Å². The molecule has 1 amide bonds. The third-order valence-corrected chi connectivity index (χ3v) is 6.32. The van der Waals surface area contributed by atoms with Crippen molar-refractivity contribution in [2.75, 3.05) is 44.2 Å². The number of piperidine rings is 1. The molecule has 2 aromatic carbocycles. The Balaban J connectivity index is 1.36. The van der Waals surface area contributed by atoms with Crippen LogP contribution in [0, 0.1) is 6.92 Å². The fourth-order valence-corrected chi connectivity index (χ4v) is 4.62. The van der Waals surface area contributed by atoms with Gasteiger partial charge in [0.1, 0.15) is 0 Å². The average molecular weight is 432 g/mol. The van der Waals surface area contributed by atoms with E-state index in [1.54, 1.807) is 6.07 Å². The van der Waals surface area contributed by atoms with Crippen molar-refractivity contribution in [3.05, 3.63) is 65.2 Å². The van der Waals surface area contributed by atoms with Gasteiger partial charge in [0.2, 0.25) is 0 Å². The second kappa shape index (κ2) is 8.91. The van der Waals surface area contributed by atoms with Gasteiger partial charge in [0, 0.05) is 56.6 Å². The fourth-order valence-electron chi connectivity index (χ4n) is 4.62. The monoisotopic (exact) mass is 431 g/mol. The normalized spacial score (nSPS) is 20.7. The molecule has 1 unspecified atom stereocenters. The van der Waals surface area contributed by atoms with E-state index in [0.29, 0.717) is 31.4 Å². The standard InChI is InChI=1S/C24H28F3N3O/c1-18-5-2-6-19(15-18)23(31)30-10-4-9-22(17-30)29-13-11-28(12-14-29)21-8-3-7-20(16-21)24(25,26)27/h2-3,5-8,15-16,22H,4,9-14,17H2,1H3. The first-order chi connectivity index (χ1) is 14.8. The molecule has 2 saturated heterocycles. The predicted octanol–water partition coefficient (Wildman–Crippen LogP) is 4.44. The first-order valence-corrected chi connectivity index (χ1v) is 10.8. The quantitative estimate of drug-likeness (QED) is 0.719. The van der Waals surface area contributed by atoms with Gasteiger partial charge in [0.25, 0.3) is 5.91 Å². The number of rotatable bonds is 3. The average Bonchev–Trinajstić information content (AvgIpc) is 2.78. The molecule has 31 heavy (non-hydrogen) atoms. The molecule has 2 aliphatic heterocycles. The molecule has 0 radical (unpaired) electrons. The van der Waals surface area contributed by atoms with Gasteiger partial charge in [-0.05, 0) is 50.1 Å². The lowest BCUT2D eigenvalue weighted by Crippen LogP contribution is -2.55. The van der Waals surface area contributed by atoms with Crippen LogP contribution >= 0.6 is 0 Å². The molecule has 4 nitrogen and oxygen atoms in total. The molecule has 0 spiro atoms. The summed E-state index contributed by atoms with van der Waals surface area (Å²) in [5.74, 6) is 0.0796. The van der Waals surface area contributed by atoms with Crippen LogP contribution in [-0.4, -0.2) is 61.0 Å². The number of piperazine rings is 1. The van der Waals surface area contributed by atoms with Crippen LogP contribution in [0.4, 0.5) is 18.9 Å². The molecule has 7 heteroatoms. The zero-order valence-electron chi connectivity index (χ0n) is 17.7. The number of hydrogen-bond acceptors (Lipinski definition) is 3. The van der Waals surface area contributed by atoms with Gasteiger partial charge in [0.15, 0.2) is 0 Å². The first-order valence-electron chi connectivity index (χ1n) is 10.8. The van der Waals surface area contributed by atoms with Gasteiger partial charge in [-0.15, -0.1) is 0 Å². The Kier molecular flexibility index (Phi) is 6.23. The number of alkyl halides is 3. The maximum absolute atomic E-state index is 13.0. The summed E-state index contributed by atoms with van der Waals surface area (Å²) in [7, 11) is 0. The van der Waals surface area contributed by atoms with Crippen LogP contribution < -0.4 is 4.90 Å². The number of anilines is 1. The van der Waals surface area contributed by atoms with Crippen LogP contribution in [0.25, 0.3) is 0 Å². The summed E-state index contributed by atoms with van der Waals surface area (Å²) in [5, 5.41) is 0. The Morgan fingerprint density at radius 1 is 0.968 bits per heavy atom. The maximum Gasteiger partial charge on any atom is 0.416 e. The van der Waals surface area contributed by atoms with E-state index in [0.717, 1.165) is 49.7 Å². The number of likely N-dealkylation sites (tertiary alicyclic amines) is 1. The highest BCUT2D eigenvalue weighted by Crippen LogP contribution is 2.32. The molecule has 0 saturated carbocycles. The number of carbonyl (C=O) groups excluding carboxylic acids is 1. The molecule has 2 heterocycles. The molecule has 0 aromatic heterocycles. The van der Waals surface area contributed by atoms with E-state index in [4.69, 9.17) is 0 Å². The van der Waals surface area contributed by atoms with Gasteiger partial charge in [-0.2, -0.15) is 13.2 Å². The Morgan fingerprint density at radius 3 is 2.42 bits per heavy atom. The number of benzene rings is 2. The summed E-state index contributed by atoms with van der Waals surface area (Å²) < 4.78 is 39.1. The van der Waals surface area contributed by atoms with Crippen LogP contribution in [0.2, 0.25) is 0 Å². The van der Waals surface area contributed by atoms with Crippen molar-refractivity contribution < 1.29 is 18.0 Å². The van der Waals surface area contributed by atoms with Crippen molar-refractivity contribution in [3.8, 4) is 0 Å². The van der Waals surface area contributed by atoms with Crippen molar-refractivity contribution in [3.63, 3.8) is 0 Å². The van der Waals surface area contributed by atoms with E-state index < -0.39 is 11.7 Å². The van der Waals surface area contributed by atoms with Gasteiger partial charge in [-0.25, -0.2) is 0 Å². The van der Waals surface area contributed by atoms with E-state index in [1.807, 2.05) is 41.0 Å². The Labute approximate surface area is 181 Å². The van der Waals surface area contributed by atoms with Crippen LogP contribution in [0.1, 0.15) is 34.3 Å². The van der Waals surface area contributed by atoms with E-state index in [2.05, 4.69) is 4.90 Å². The highest BCUT2D eigenvalue weighted by Gasteiger charge is 2.32. The summed E-state index contributed by atoms with van der Waals surface area (Å²) in [6.07, 6.45) is -2.32. The minimum absolute atomic E-state index is 0.0796. The molecule has 2 aliphatic rings. The number of nitrogens with zero attached hydrogens (tertiary/aromatic N) is 3. The summed E-state index contributed by atoms with van der Waals surface area (Å²) in [5.41, 5.74) is 1.82. The summed E-state index contributed by atoms with van der Waals surface area (Å²) in [6.45, 7) is 6.40. The number of amides is 1. The summed E-state index contributed by atoms with van der Waals surface area (Å²) in [6, 6.07) is 13.6. The molecule has 1 atom stereocenters. The lowest BCUT2D eigenvalue weighted by molar-refractivity contribution is -0.137. The predicted molar refractivity (Wildman–Crippen MR) is 115 cm³/mol. The smallest absolute Gasteiger partial charge is 0.369 e. The maximum atomic E-state index is 13.0. The van der Waals surface area contributed by atoms with Crippen molar-refractivity contribution in [2.24, 2.45) is 0 Å². The number of hydrogen-bond donors (Lipinski definition) is 0. The zero-order chi connectivity index (χ0) is 22.0. The van der Waals surface area contributed by atoms with Gasteiger partial charge in [-0.3, -0.25) is 9.69 Å². The summed E-state index contributed by atoms with van der Waals surface area (Å²) in [4.78, 5) is 19.3. The Morgan fingerprint density at radius 2 is 1.71 bits per heavy atom. The fraction of sp³-hybridized carbons (Fsp3) is 0.458. The molecule has 0 bridgehead atoms. The zero-order valence-corrected chi connectivity index (χ0v) is 17.7. The third kappa shape index (κ3) is 5.03. The number of aryl methyl sites for hydroxylation is 1. The third-order valence-electron chi connectivity index (χ3n) is 6.32. The molecule has 2 aromatic rings. The lowest BCUT2D eigenvalue weighted by Gasteiger charge is -2.44. The van der Waals surface area contributed by atoms with Crippen LogP contribution in [-0.2, 0) is 6.18 Å². The van der Waals surface area contributed by atoms with E-state index >= 15 is 0 Å². The minimum atomic E-state index is -4.33. The Hall–Kier alpha value is -2.54. The molecule has 0 aliphatic carbocycles. The Bertz CT molecular complexity index is 922. The first kappa shape index (κ1) is 21.7. The lowest BCUT2D eigenvalue weighted by atomic mass is 10.0. The second-order valence-electron chi connectivity index (χ2n) is 8.49. The molecular formula is C24H28F3N3O. The number of carbonyl (C=O) groups is 1. The van der Waals surface area contributed by atoms with Crippen LogP contribution in [0.15, 0.2) is 48.5 Å². The van der Waals surface area contributed by atoms with Gasteiger partial charge >= 0.3 is 6.18 Å². The van der Waals surface area contributed by atoms with Crippen LogP contribution in [0.3, 0.4) is 0 Å². The van der Waals surface area contributed by atoms with E-state index in [9.17, 15) is 18.0 Å². The van der Waals surface area contributed by atoms with Crippen molar-refractivity contribution in [2.45, 2.75) is 32.0 Å². The highest BCUT2D eigenvalue weighted by molar-refractivity contribution is 5.94. The largest absolute Gasteiger partial charge is 0.416 e. The van der Waals surface area contributed by atoms with Crippen molar-refractivity contribution in [1.82, 2.24) is 9.80 Å². The SMILES string of the molecule is Cc1cccc(C(=O)N2CCCC(N3CCN(c4cccc(C(F)(F)F)c4)CC3)C2)c1. The highest BCUT2D eigenvalue weighted by atomic mass is 19.4. The van der Waals surface area contributed by atoms with Crippen LogP contribution in [0.5, 0.6) is 0 Å². The molecule has 0 N–H and O–H groups in total.